The first kappa shape index (κ1) is 11.0. The minimum Gasteiger partial charge on any atom is -0.350 e. The van der Waals surface area contributed by atoms with Crippen LogP contribution in [0.2, 0.25) is 0 Å². The number of hydrogen-bond acceptors (Lipinski definition) is 4. The minimum atomic E-state index is 0.807. The normalized spacial score (nSPS) is 11.4. The predicted octanol–water partition coefficient (Wildman–Crippen LogP) is 3.08. The molecule has 0 saturated carbocycles. The number of hydrazone groups is 1. The lowest BCUT2D eigenvalue weighted by molar-refractivity contribution is 0.918. The molecule has 3 rings (SSSR count). The van der Waals surface area contributed by atoms with E-state index in [2.05, 4.69) is 21.6 Å². The molecule has 0 fully saturated rings. The van der Waals surface area contributed by atoms with Crippen LogP contribution < -0.4 is 5.43 Å². The summed E-state index contributed by atoms with van der Waals surface area (Å²) in [6.45, 7) is 0. The summed E-state index contributed by atoms with van der Waals surface area (Å²) in [5.74, 6) is 0. The molecule has 0 unspecified atom stereocenters. The molecule has 1 aromatic carbocycles. The van der Waals surface area contributed by atoms with Gasteiger partial charge in [-0.25, -0.2) is 4.98 Å². The van der Waals surface area contributed by atoms with Gasteiger partial charge in [0.25, 0.3) is 0 Å². The molecule has 0 bridgehead atoms. The van der Waals surface area contributed by atoms with Crippen molar-refractivity contribution in [1.82, 2.24) is 9.55 Å². The van der Waals surface area contributed by atoms with E-state index in [0.29, 0.717) is 0 Å². The number of aryl methyl sites for hydroxylation is 1. The van der Waals surface area contributed by atoms with Gasteiger partial charge in [-0.3, -0.25) is 5.43 Å². The fraction of sp³-hybridized carbons (Fsp3) is 0.0769. The Kier molecular flexibility index (Phi) is 2.82. The fourth-order valence-electron chi connectivity index (χ4n) is 1.68. The number of hydrogen-bond donors (Lipinski definition) is 1. The van der Waals surface area contributed by atoms with Crippen LogP contribution in [-0.2, 0) is 7.05 Å². The van der Waals surface area contributed by atoms with E-state index in [1.54, 1.807) is 17.6 Å². The van der Waals surface area contributed by atoms with Gasteiger partial charge < -0.3 is 4.57 Å². The van der Waals surface area contributed by atoms with Crippen LogP contribution in [0, 0.1) is 0 Å². The number of thiazole rings is 1. The summed E-state index contributed by atoms with van der Waals surface area (Å²) >= 11 is 1.60. The number of rotatable bonds is 3. The number of anilines is 1. The Morgan fingerprint density at radius 3 is 2.94 bits per heavy atom. The van der Waals surface area contributed by atoms with Crippen LogP contribution in [-0.4, -0.2) is 15.8 Å². The molecule has 0 atom stereocenters. The molecule has 18 heavy (non-hydrogen) atoms. The molecule has 3 aromatic rings. The molecule has 0 saturated heterocycles. The Morgan fingerprint density at radius 2 is 2.17 bits per heavy atom. The zero-order valence-corrected chi connectivity index (χ0v) is 10.7. The van der Waals surface area contributed by atoms with Gasteiger partial charge in [0.15, 0.2) is 0 Å². The second-order valence-electron chi connectivity index (χ2n) is 3.90. The van der Waals surface area contributed by atoms with E-state index in [9.17, 15) is 0 Å². The Hall–Kier alpha value is -2.14. The zero-order valence-electron chi connectivity index (χ0n) is 9.87. The van der Waals surface area contributed by atoms with E-state index in [4.69, 9.17) is 0 Å². The van der Waals surface area contributed by atoms with Gasteiger partial charge in [0.05, 0.1) is 22.1 Å². The third-order valence-corrected chi connectivity index (χ3v) is 3.58. The average Bonchev–Trinajstić information content (AvgIpc) is 2.96. The minimum absolute atomic E-state index is 0.807. The van der Waals surface area contributed by atoms with Crippen molar-refractivity contribution in [1.29, 1.82) is 0 Å². The first-order valence-corrected chi connectivity index (χ1v) is 6.40. The molecule has 0 radical (unpaired) electrons. The van der Waals surface area contributed by atoms with Crippen LogP contribution in [0.1, 0.15) is 5.69 Å². The third kappa shape index (κ3) is 2.12. The summed E-state index contributed by atoms with van der Waals surface area (Å²) in [4.78, 5) is 4.44. The van der Waals surface area contributed by atoms with Crippen molar-refractivity contribution in [2.45, 2.75) is 0 Å². The molecule has 1 N–H and O–H groups in total. The van der Waals surface area contributed by atoms with E-state index >= 15 is 0 Å². The van der Waals surface area contributed by atoms with Gasteiger partial charge in [-0.15, -0.1) is 0 Å². The van der Waals surface area contributed by atoms with E-state index in [-0.39, 0.29) is 0 Å². The Morgan fingerprint density at radius 1 is 1.28 bits per heavy atom. The highest BCUT2D eigenvalue weighted by Gasteiger charge is 2.00. The van der Waals surface area contributed by atoms with E-state index in [1.165, 1.54) is 0 Å². The average molecular weight is 256 g/mol. The molecule has 0 spiro atoms. The van der Waals surface area contributed by atoms with Crippen LogP contribution in [0.3, 0.4) is 0 Å². The number of nitrogens with zero attached hydrogens (tertiary/aromatic N) is 3. The molecule has 5 heteroatoms. The summed E-state index contributed by atoms with van der Waals surface area (Å²) in [5, 5.41) is 5.00. The van der Waals surface area contributed by atoms with E-state index in [1.807, 2.05) is 48.1 Å². The maximum Gasteiger partial charge on any atom is 0.204 e. The quantitative estimate of drug-likeness (QED) is 0.578. The van der Waals surface area contributed by atoms with E-state index in [0.717, 1.165) is 21.0 Å². The van der Waals surface area contributed by atoms with Crippen molar-refractivity contribution < 1.29 is 0 Å². The molecule has 90 valence electrons. The SMILES string of the molecule is Cn1cccc1C=NNc1nc2ccccc2s1. The predicted molar refractivity (Wildman–Crippen MR) is 76.2 cm³/mol. The van der Waals surface area contributed by atoms with Crippen LogP contribution >= 0.6 is 11.3 Å². The fourth-order valence-corrected chi connectivity index (χ4v) is 2.50. The van der Waals surface area contributed by atoms with Crippen molar-refractivity contribution in [3.05, 3.63) is 48.3 Å². The number of aromatic nitrogens is 2. The molecule has 0 aliphatic carbocycles. The lowest BCUT2D eigenvalue weighted by Crippen LogP contribution is -1.95. The van der Waals surface area contributed by atoms with Gasteiger partial charge in [0, 0.05) is 13.2 Å². The standard InChI is InChI=1S/C13H12N4S/c1-17-8-4-5-10(17)9-14-16-13-15-11-6-2-3-7-12(11)18-13/h2-9H,1H3,(H,15,16). The second-order valence-corrected chi connectivity index (χ2v) is 4.93. The first-order chi connectivity index (χ1) is 8.83. The van der Waals surface area contributed by atoms with Gasteiger partial charge in [-0.05, 0) is 24.3 Å². The third-order valence-electron chi connectivity index (χ3n) is 2.63. The molecule has 0 amide bonds. The molecular weight excluding hydrogens is 244 g/mol. The van der Waals surface area contributed by atoms with Crippen molar-refractivity contribution in [2.24, 2.45) is 12.1 Å². The highest BCUT2D eigenvalue weighted by Crippen LogP contribution is 2.25. The summed E-state index contributed by atoms with van der Waals surface area (Å²) in [6.07, 6.45) is 3.77. The molecule has 4 nitrogen and oxygen atoms in total. The first-order valence-electron chi connectivity index (χ1n) is 5.59. The number of para-hydroxylation sites is 1. The highest BCUT2D eigenvalue weighted by atomic mass is 32.1. The second kappa shape index (κ2) is 4.62. The lowest BCUT2D eigenvalue weighted by Gasteiger charge is -1.95. The van der Waals surface area contributed by atoms with Crippen molar-refractivity contribution in [2.75, 3.05) is 5.43 Å². The van der Waals surface area contributed by atoms with Gasteiger partial charge in [-0.1, -0.05) is 23.5 Å². The van der Waals surface area contributed by atoms with Crippen LogP contribution in [0.25, 0.3) is 10.2 Å². The lowest BCUT2D eigenvalue weighted by atomic mass is 10.3. The monoisotopic (exact) mass is 256 g/mol. The summed E-state index contributed by atoms with van der Waals surface area (Å²) in [7, 11) is 1.99. The molecular formula is C13H12N4S. The molecule has 0 aliphatic rings. The van der Waals surface area contributed by atoms with Gasteiger partial charge in [0.1, 0.15) is 0 Å². The summed E-state index contributed by atoms with van der Waals surface area (Å²) in [5.41, 5.74) is 5.01. The summed E-state index contributed by atoms with van der Waals surface area (Å²) < 4.78 is 3.16. The van der Waals surface area contributed by atoms with Gasteiger partial charge in [-0.2, -0.15) is 5.10 Å². The van der Waals surface area contributed by atoms with Crippen LogP contribution in [0.4, 0.5) is 5.13 Å². The summed E-state index contributed by atoms with van der Waals surface area (Å²) in [6, 6.07) is 12.0. The maximum absolute atomic E-state index is 4.44. The molecule has 0 aliphatic heterocycles. The highest BCUT2D eigenvalue weighted by molar-refractivity contribution is 7.22. The van der Waals surface area contributed by atoms with Crippen molar-refractivity contribution in [3.8, 4) is 0 Å². The topological polar surface area (TPSA) is 42.2 Å². The van der Waals surface area contributed by atoms with Gasteiger partial charge >= 0.3 is 0 Å². The smallest absolute Gasteiger partial charge is 0.204 e. The molecule has 2 aromatic heterocycles. The van der Waals surface area contributed by atoms with Crippen molar-refractivity contribution >= 4 is 32.9 Å². The number of nitrogens with one attached hydrogen (secondary N) is 1. The molecule has 2 heterocycles. The Labute approximate surface area is 109 Å². The largest absolute Gasteiger partial charge is 0.350 e. The van der Waals surface area contributed by atoms with Crippen molar-refractivity contribution in [3.63, 3.8) is 0 Å². The number of benzene rings is 1. The Balaban J connectivity index is 1.77. The van der Waals surface area contributed by atoms with Gasteiger partial charge in [0.2, 0.25) is 5.13 Å². The van der Waals surface area contributed by atoms with E-state index < -0.39 is 0 Å². The maximum atomic E-state index is 4.44. The number of fused-ring (bicyclic) bond motifs is 1. The van der Waals surface area contributed by atoms with Crippen LogP contribution in [0.5, 0.6) is 0 Å². The zero-order chi connectivity index (χ0) is 12.4. The van der Waals surface area contributed by atoms with Crippen LogP contribution in [0.15, 0.2) is 47.7 Å². The Bertz CT molecular complexity index is 663.